The maximum Gasteiger partial charge on any atom is 0.251 e. The van der Waals surface area contributed by atoms with Gasteiger partial charge >= 0.3 is 0 Å². The quantitative estimate of drug-likeness (QED) is 0.677. The predicted molar refractivity (Wildman–Crippen MR) is 112 cm³/mol. The van der Waals surface area contributed by atoms with Crippen molar-refractivity contribution in [1.82, 2.24) is 4.31 Å². The number of hydrogen-bond acceptors (Lipinski definition) is 5. The third-order valence-corrected chi connectivity index (χ3v) is 6.59. The summed E-state index contributed by atoms with van der Waals surface area (Å²) in [6, 6.07) is 10.3. The molecule has 1 aliphatic rings. The van der Waals surface area contributed by atoms with Crippen molar-refractivity contribution in [2.24, 2.45) is 0 Å². The molecule has 29 heavy (non-hydrogen) atoms. The smallest absolute Gasteiger partial charge is 0.251 e. The van der Waals surface area contributed by atoms with Crippen LogP contribution in [0.4, 0.5) is 5.69 Å². The summed E-state index contributed by atoms with van der Waals surface area (Å²) in [4.78, 5) is 14.6. The molecule has 0 unspecified atom stereocenters. The average Bonchev–Trinajstić information content (AvgIpc) is 3.14. The van der Waals surface area contributed by atoms with Crippen molar-refractivity contribution < 1.29 is 22.7 Å². The van der Waals surface area contributed by atoms with Crippen LogP contribution in [0.2, 0.25) is 0 Å². The lowest BCUT2D eigenvalue weighted by Crippen LogP contribution is -2.27. The van der Waals surface area contributed by atoms with Crippen molar-refractivity contribution in [3.05, 3.63) is 53.6 Å². The summed E-state index contributed by atoms with van der Waals surface area (Å²) in [6.07, 6.45) is 3.81. The molecule has 0 fully saturated rings. The van der Waals surface area contributed by atoms with E-state index in [2.05, 4.69) is 0 Å². The molecule has 0 saturated heterocycles. The molecule has 1 heterocycles. The Morgan fingerprint density at radius 2 is 1.72 bits per heavy atom. The Kier molecular flexibility index (Phi) is 5.95. The third-order valence-electron chi connectivity index (χ3n) is 4.78. The van der Waals surface area contributed by atoms with E-state index in [-0.39, 0.29) is 10.8 Å². The van der Waals surface area contributed by atoms with Crippen molar-refractivity contribution in [1.29, 1.82) is 0 Å². The summed E-state index contributed by atoms with van der Waals surface area (Å²) in [5.74, 6) is 1.10. The lowest BCUT2D eigenvalue weighted by molar-refractivity contribution is -0.114. The number of fused-ring (bicyclic) bond motifs is 1. The predicted octanol–water partition coefficient (Wildman–Crippen LogP) is 2.56. The highest BCUT2D eigenvalue weighted by molar-refractivity contribution is 7.89. The fraction of sp³-hybridized carbons (Fsp3) is 0.286. The van der Waals surface area contributed by atoms with E-state index >= 15 is 0 Å². The number of ether oxygens (including phenoxy) is 2. The summed E-state index contributed by atoms with van der Waals surface area (Å²) in [5, 5.41) is 0. The molecule has 7 nitrogen and oxygen atoms in total. The summed E-state index contributed by atoms with van der Waals surface area (Å²) < 4.78 is 36.3. The highest BCUT2D eigenvalue weighted by Gasteiger charge is 2.26. The summed E-state index contributed by atoms with van der Waals surface area (Å²) in [6.45, 7) is 0.505. The Hall–Kier alpha value is -2.84. The number of anilines is 1. The number of amides is 1. The number of hydrogen-bond donors (Lipinski definition) is 0. The SMILES string of the molecule is COc1cc(C=CC(=O)N2CCc3cc(S(=O)(=O)N(C)C)ccc32)cc(OC)c1. The second-order valence-electron chi connectivity index (χ2n) is 6.80. The lowest BCUT2D eigenvalue weighted by atomic mass is 10.1. The summed E-state index contributed by atoms with van der Waals surface area (Å²) in [7, 11) is 2.63. The van der Waals surface area contributed by atoms with E-state index in [4.69, 9.17) is 9.47 Å². The van der Waals surface area contributed by atoms with Gasteiger partial charge in [0.1, 0.15) is 11.5 Å². The zero-order valence-corrected chi connectivity index (χ0v) is 17.7. The second kappa shape index (κ2) is 8.26. The minimum absolute atomic E-state index is 0.172. The normalized spacial score (nSPS) is 13.8. The standard InChI is InChI=1S/C21H24N2O5S/c1-22(2)29(25,26)19-6-7-20-16(13-19)9-10-23(20)21(24)8-5-15-11-17(27-3)14-18(12-15)28-4/h5-8,11-14H,9-10H2,1-4H3. The van der Waals surface area contributed by atoms with Crippen LogP contribution in [-0.4, -0.2) is 53.5 Å². The van der Waals surface area contributed by atoms with Gasteiger partial charge in [-0.05, 0) is 54.0 Å². The van der Waals surface area contributed by atoms with Gasteiger partial charge in [0.2, 0.25) is 10.0 Å². The van der Waals surface area contributed by atoms with E-state index in [1.807, 2.05) is 12.1 Å². The lowest BCUT2D eigenvalue weighted by Gasteiger charge is -2.16. The van der Waals surface area contributed by atoms with Gasteiger partial charge in [0.05, 0.1) is 19.1 Å². The molecule has 0 bridgehead atoms. The van der Waals surface area contributed by atoms with Crippen LogP contribution in [0, 0.1) is 0 Å². The van der Waals surface area contributed by atoms with Crippen LogP contribution in [0.1, 0.15) is 11.1 Å². The van der Waals surface area contributed by atoms with Crippen LogP contribution in [0.5, 0.6) is 11.5 Å². The van der Waals surface area contributed by atoms with Crippen molar-refractivity contribution >= 4 is 27.7 Å². The molecule has 0 N–H and O–H groups in total. The number of nitrogens with zero attached hydrogens (tertiary/aromatic N) is 2. The Morgan fingerprint density at radius 3 is 2.31 bits per heavy atom. The topological polar surface area (TPSA) is 76.2 Å². The van der Waals surface area contributed by atoms with Crippen molar-refractivity contribution in [3.63, 3.8) is 0 Å². The van der Waals surface area contributed by atoms with E-state index in [9.17, 15) is 13.2 Å². The van der Waals surface area contributed by atoms with Crippen molar-refractivity contribution in [3.8, 4) is 11.5 Å². The number of benzene rings is 2. The minimum atomic E-state index is -3.50. The summed E-state index contributed by atoms with van der Waals surface area (Å²) in [5.41, 5.74) is 2.36. The molecule has 2 aromatic carbocycles. The van der Waals surface area contributed by atoms with E-state index in [1.165, 1.54) is 30.5 Å². The molecule has 0 atom stereocenters. The van der Waals surface area contributed by atoms with Crippen molar-refractivity contribution in [2.45, 2.75) is 11.3 Å². The Balaban J connectivity index is 1.82. The van der Waals surface area contributed by atoms with E-state index < -0.39 is 10.0 Å². The van der Waals surface area contributed by atoms with Crippen LogP contribution >= 0.6 is 0 Å². The molecule has 1 amide bonds. The molecule has 0 radical (unpaired) electrons. The van der Waals surface area contributed by atoms with E-state index in [0.717, 1.165) is 16.8 Å². The number of carbonyl (C=O) groups excluding carboxylic acids is 1. The van der Waals surface area contributed by atoms with Crippen LogP contribution in [0.25, 0.3) is 6.08 Å². The minimum Gasteiger partial charge on any atom is -0.497 e. The van der Waals surface area contributed by atoms with E-state index in [1.54, 1.807) is 43.4 Å². The van der Waals surface area contributed by atoms with Crippen LogP contribution in [0.15, 0.2) is 47.4 Å². The van der Waals surface area contributed by atoms with Gasteiger partial charge in [-0.1, -0.05) is 0 Å². The molecule has 0 aromatic heterocycles. The molecule has 3 rings (SSSR count). The zero-order chi connectivity index (χ0) is 21.2. The van der Waals surface area contributed by atoms with Gasteiger partial charge in [-0.3, -0.25) is 4.79 Å². The number of carbonyl (C=O) groups is 1. The van der Waals surface area contributed by atoms with Gasteiger partial charge in [0, 0.05) is 38.5 Å². The monoisotopic (exact) mass is 416 g/mol. The van der Waals surface area contributed by atoms with Crippen LogP contribution in [0.3, 0.4) is 0 Å². The molecule has 0 spiro atoms. The van der Waals surface area contributed by atoms with Gasteiger partial charge in [0.15, 0.2) is 0 Å². The first-order valence-electron chi connectivity index (χ1n) is 9.04. The van der Waals surface area contributed by atoms with Crippen LogP contribution < -0.4 is 14.4 Å². The third kappa shape index (κ3) is 4.28. The summed E-state index contributed by atoms with van der Waals surface area (Å²) >= 11 is 0. The Morgan fingerprint density at radius 1 is 1.07 bits per heavy atom. The van der Waals surface area contributed by atoms with E-state index in [0.29, 0.717) is 24.5 Å². The highest BCUT2D eigenvalue weighted by Crippen LogP contribution is 2.31. The van der Waals surface area contributed by atoms with Crippen LogP contribution in [-0.2, 0) is 21.2 Å². The van der Waals surface area contributed by atoms with Gasteiger partial charge in [-0.25, -0.2) is 12.7 Å². The largest absolute Gasteiger partial charge is 0.497 e. The first-order chi connectivity index (χ1) is 13.8. The molecule has 1 aliphatic heterocycles. The van der Waals surface area contributed by atoms with Crippen molar-refractivity contribution in [2.75, 3.05) is 39.8 Å². The van der Waals surface area contributed by atoms with Gasteiger partial charge in [-0.2, -0.15) is 0 Å². The molecular weight excluding hydrogens is 392 g/mol. The molecule has 0 saturated carbocycles. The fourth-order valence-electron chi connectivity index (χ4n) is 3.16. The zero-order valence-electron chi connectivity index (χ0n) is 16.9. The number of methoxy groups -OCH3 is 2. The van der Waals surface area contributed by atoms with Gasteiger partial charge in [-0.15, -0.1) is 0 Å². The number of rotatable bonds is 6. The fourth-order valence-corrected chi connectivity index (χ4v) is 4.11. The average molecular weight is 416 g/mol. The van der Waals surface area contributed by atoms with Gasteiger partial charge < -0.3 is 14.4 Å². The molecule has 8 heteroatoms. The first kappa shape index (κ1) is 20.9. The maximum atomic E-state index is 12.7. The maximum absolute atomic E-state index is 12.7. The molecule has 0 aliphatic carbocycles. The number of sulfonamides is 1. The second-order valence-corrected chi connectivity index (χ2v) is 8.95. The highest BCUT2D eigenvalue weighted by atomic mass is 32.2. The molecule has 154 valence electrons. The first-order valence-corrected chi connectivity index (χ1v) is 10.5. The Bertz CT molecular complexity index is 1040. The Labute approximate surface area is 171 Å². The molecule has 2 aromatic rings. The molecular formula is C21H24N2O5S. The van der Waals surface area contributed by atoms with Gasteiger partial charge in [0.25, 0.3) is 5.91 Å².